The normalized spacial score (nSPS) is 11.7. The van der Waals surface area contributed by atoms with E-state index in [1.165, 1.54) is 17.8 Å². The molecule has 3 N–H and O–H groups in total. The van der Waals surface area contributed by atoms with Crippen LogP contribution in [0.25, 0.3) is 17.4 Å². The summed E-state index contributed by atoms with van der Waals surface area (Å²) < 4.78 is 11.3. The van der Waals surface area contributed by atoms with Crippen molar-refractivity contribution >= 4 is 46.9 Å². The number of aryl methyl sites for hydroxylation is 1. The Morgan fingerprint density at radius 2 is 1.43 bits per heavy atom. The second-order valence-electron chi connectivity index (χ2n) is 11.6. The first-order valence-electron chi connectivity index (χ1n) is 16.2. The summed E-state index contributed by atoms with van der Waals surface area (Å²) in [6.07, 6.45) is 1.50. The zero-order chi connectivity index (χ0) is 35.6. The van der Waals surface area contributed by atoms with Gasteiger partial charge in [0.05, 0.1) is 7.11 Å². The quantitative estimate of drug-likeness (QED) is 0.0872. The maximum Gasteiger partial charge on any atom is 0.272 e. The molecule has 0 saturated heterocycles. The van der Waals surface area contributed by atoms with Crippen molar-refractivity contribution in [2.75, 3.05) is 17.7 Å². The Morgan fingerprint density at radius 3 is 2.14 bits per heavy atom. The Labute approximate surface area is 300 Å². The fraction of sp³-hybridized carbons (Fsp3) is 0.0714. The van der Waals surface area contributed by atoms with Gasteiger partial charge in [0.15, 0.2) is 0 Å². The third kappa shape index (κ3) is 9.23. The van der Waals surface area contributed by atoms with Gasteiger partial charge in [-0.05, 0) is 73.2 Å². The van der Waals surface area contributed by atoms with E-state index < -0.39 is 17.1 Å². The van der Waals surface area contributed by atoms with Crippen molar-refractivity contribution in [3.05, 3.63) is 174 Å². The van der Waals surface area contributed by atoms with Gasteiger partial charge in [0.1, 0.15) is 28.2 Å². The molecule has 1 heterocycles. The number of amides is 3. The zero-order valence-corrected chi connectivity index (χ0v) is 28.8. The van der Waals surface area contributed by atoms with Gasteiger partial charge in [-0.3, -0.25) is 14.4 Å². The third-order valence-electron chi connectivity index (χ3n) is 7.82. The molecule has 0 bridgehead atoms. The maximum atomic E-state index is 13.7. The number of carbonyl (C=O) groups excluding carboxylic acids is 3. The van der Waals surface area contributed by atoms with Gasteiger partial charge >= 0.3 is 0 Å². The van der Waals surface area contributed by atoms with Crippen molar-refractivity contribution in [1.82, 2.24) is 5.32 Å². The van der Waals surface area contributed by atoms with Gasteiger partial charge in [-0.1, -0.05) is 84.4 Å². The summed E-state index contributed by atoms with van der Waals surface area (Å²) in [5.74, 6) is 0.512. The Balaban J connectivity index is 1.20. The van der Waals surface area contributed by atoms with Crippen molar-refractivity contribution in [2.24, 2.45) is 0 Å². The summed E-state index contributed by atoms with van der Waals surface area (Å²) >= 11 is 1.39. The highest BCUT2D eigenvalue weighted by molar-refractivity contribution is 8.00. The molecule has 6 rings (SSSR count). The molecule has 1 atom stereocenters. The standard InChI is InChI=1S/C42H35N3O5S/c1-28-16-18-29(19-17-28)38-25-22-35(50-38)27-37(45-40(46)31-12-7-4-8-13-31)41(47)43-32-20-23-36(24-21-32)51-39(30-10-5-3-6-11-30)42(48)44-33-14-9-15-34(26-33)49-2/h3-27,39H,1-2H3,(H,43,47)(H,44,48)(H,45,46). The first-order chi connectivity index (χ1) is 24.8. The number of hydrogen-bond acceptors (Lipinski definition) is 6. The van der Waals surface area contributed by atoms with E-state index in [1.807, 2.05) is 104 Å². The molecule has 0 aliphatic heterocycles. The number of nitrogens with one attached hydrogen (secondary N) is 3. The first kappa shape index (κ1) is 34.5. The highest BCUT2D eigenvalue weighted by atomic mass is 32.2. The number of carbonyl (C=O) groups is 3. The van der Waals surface area contributed by atoms with Gasteiger partial charge in [-0.15, -0.1) is 11.8 Å². The Bertz CT molecular complexity index is 2150. The molecule has 1 unspecified atom stereocenters. The predicted molar refractivity (Wildman–Crippen MR) is 203 cm³/mol. The van der Waals surface area contributed by atoms with Crippen molar-refractivity contribution in [3.63, 3.8) is 0 Å². The molecular formula is C42H35N3O5S. The van der Waals surface area contributed by atoms with Crippen LogP contribution in [0.3, 0.4) is 0 Å². The lowest BCUT2D eigenvalue weighted by atomic mass is 10.1. The molecule has 51 heavy (non-hydrogen) atoms. The van der Waals surface area contributed by atoms with E-state index in [4.69, 9.17) is 9.15 Å². The molecule has 6 aromatic rings. The van der Waals surface area contributed by atoms with Crippen molar-refractivity contribution < 1.29 is 23.5 Å². The number of anilines is 2. The van der Waals surface area contributed by atoms with E-state index in [1.54, 1.807) is 55.6 Å². The third-order valence-corrected chi connectivity index (χ3v) is 9.09. The second-order valence-corrected chi connectivity index (χ2v) is 12.7. The molecule has 0 spiro atoms. The van der Waals surface area contributed by atoms with Crippen LogP contribution in [0.15, 0.2) is 161 Å². The second kappa shape index (κ2) is 16.4. The minimum atomic E-state index is -0.557. The van der Waals surface area contributed by atoms with Gasteiger partial charge in [-0.25, -0.2) is 0 Å². The first-order valence-corrected chi connectivity index (χ1v) is 17.1. The molecule has 1 aromatic heterocycles. The van der Waals surface area contributed by atoms with Crippen molar-refractivity contribution in [3.8, 4) is 17.1 Å². The molecule has 0 aliphatic carbocycles. The average Bonchev–Trinajstić information content (AvgIpc) is 3.63. The number of benzene rings is 5. The predicted octanol–water partition coefficient (Wildman–Crippen LogP) is 9.15. The fourth-order valence-corrected chi connectivity index (χ4v) is 6.17. The van der Waals surface area contributed by atoms with E-state index in [0.29, 0.717) is 34.2 Å². The van der Waals surface area contributed by atoms with E-state index in [2.05, 4.69) is 16.0 Å². The molecule has 9 heteroatoms. The minimum Gasteiger partial charge on any atom is -0.497 e. The van der Waals surface area contributed by atoms with Crippen LogP contribution in [-0.4, -0.2) is 24.8 Å². The number of furan rings is 1. The monoisotopic (exact) mass is 693 g/mol. The van der Waals surface area contributed by atoms with Crippen molar-refractivity contribution in [2.45, 2.75) is 17.1 Å². The summed E-state index contributed by atoms with van der Waals surface area (Å²) in [6, 6.07) is 44.0. The Kier molecular flexibility index (Phi) is 11.1. The van der Waals surface area contributed by atoms with Gasteiger partial charge in [-0.2, -0.15) is 0 Å². The molecule has 0 radical (unpaired) electrons. The Hall–Kier alpha value is -6.32. The molecular weight excluding hydrogens is 659 g/mol. The van der Waals surface area contributed by atoms with Crippen LogP contribution in [-0.2, 0) is 9.59 Å². The van der Waals surface area contributed by atoms with Gasteiger partial charge in [0, 0.05) is 39.5 Å². The molecule has 8 nitrogen and oxygen atoms in total. The van der Waals surface area contributed by atoms with Gasteiger partial charge < -0.3 is 25.1 Å². The van der Waals surface area contributed by atoms with Crippen LogP contribution in [0.4, 0.5) is 11.4 Å². The number of rotatable bonds is 12. The zero-order valence-electron chi connectivity index (χ0n) is 28.0. The van der Waals surface area contributed by atoms with Crippen LogP contribution in [0, 0.1) is 6.92 Å². The van der Waals surface area contributed by atoms with E-state index in [0.717, 1.165) is 21.6 Å². The lowest BCUT2D eigenvalue weighted by molar-refractivity contribution is -0.116. The average molecular weight is 694 g/mol. The van der Waals surface area contributed by atoms with Gasteiger partial charge in [0.2, 0.25) is 5.91 Å². The van der Waals surface area contributed by atoms with Crippen molar-refractivity contribution in [1.29, 1.82) is 0 Å². The molecule has 0 saturated carbocycles. The SMILES string of the molecule is COc1cccc(NC(=O)C(Sc2ccc(NC(=O)C(=Cc3ccc(-c4ccc(C)cc4)o3)NC(=O)c3ccccc3)cc2)c2ccccc2)c1. The minimum absolute atomic E-state index is 0.00506. The number of thioether (sulfide) groups is 1. The summed E-state index contributed by atoms with van der Waals surface area (Å²) in [4.78, 5) is 41.2. The molecule has 5 aromatic carbocycles. The maximum absolute atomic E-state index is 13.7. The topological polar surface area (TPSA) is 110 Å². The van der Waals surface area contributed by atoms with E-state index in [-0.39, 0.29) is 11.6 Å². The molecule has 3 amide bonds. The Morgan fingerprint density at radius 1 is 0.725 bits per heavy atom. The highest BCUT2D eigenvalue weighted by Crippen LogP contribution is 2.37. The highest BCUT2D eigenvalue weighted by Gasteiger charge is 2.23. The lowest BCUT2D eigenvalue weighted by Crippen LogP contribution is -2.30. The van der Waals surface area contributed by atoms with Gasteiger partial charge in [0.25, 0.3) is 11.8 Å². The lowest BCUT2D eigenvalue weighted by Gasteiger charge is -2.18. The number of methoxy groups -OCH3 is 1. The van der Waals surface area contributed by atoms with Crippen LogP contribution in [0.2, 0.25) is 0 Å². The van der Waals surface area contributed by atoms with Crippen LogP contribution in [0.5, 0.6) is 5.75 Å². The fourth-order valence-electron chi connectivity index (χ4n) is 5.15. The van der Waals surface area contributed by atoms with Crippen LogP contribution in [0.1, 0.15) is 32.5 Å². The molecule has 0 fully saturated rings. The van der Waals surface area contributed by atoms with Crippen LogP contribution >= 0.6 is 11.8 Å². The smallest absolute Gasteiger partial charge is 0.272 e. The largest absolute Gasteiger partial charge is 0.497 e. The summed E-state index contributed by atoms with van der Waals surface area (Å²) in [7, 11) is 1.58. The van der Waals surface area contributed by atoms with E-state index >= 15 is 0 Å². The number of hydrogen-bond donors (Lipinski definition) is 3. The summed E-state index contributed by atoms with van der Waals surface area (Å²) in [5, 5.41) is 8.07. The summed E-state index contributed by atoms with van der Waals surface area (Å²) in [6.45, 7) is 2.01. The van der Waals surface area contributed by atoms with E-state index in [9.17, 15) is 14.4 Å². The molecule has 254 valence electrons. The summed E-state index contributed by atoms with van der Waals surface area (Å²) in [5.41, 5.74) is 4.40. The molecule has 0 aliphatic rings. The van der Waals surface area contributed by atoms with Crippen LogP contribution < -0.4 is 20.7 Å². The number of ether oxygens (including phenoxy) is 1.